The van der Waals surface area contributed by atoms with E-state index < -0.39 is 18.2 Å². The number of rotatable bonds is 4. The molecule has 0 aliphatic carbocycles. The van der Waals surface area contributed by atoms with Gasteiger partial charge in [0.25, 0.3) is 0 Å². The van der Waals surface area contributed by atoms with Gasteiger partial charge in [0.2, 0.25) is 0 Å². The van der Waals surface area contributed by atoms with Gasteiger partial charge in [-0.25, -0.2) is 4.99 Å². The Morgan fingerprint density at radius 1 is 1.36 bits per heavy atom. The molecule has 6 heteroatoms. The van der Waals surface area contributed by atoms with Gasteiger partial charge < -0.3 is 16.6 Å². The fourth-order valence-corrected chi connectivity index (χ4v) is 0.404. The molecular weight excluding hydrogens is 150 g/mol. The average molecular weight is 159 g/mol. The Bertz CT molecular complexity index is 195. The highest BCUT2D eigenvalue weighted by atomic mass is 16.4. The van der Waals surface area contributed by atoms with Gasteiger partial charge in [-0.1, -0.05) is 0 Å². The van der Waals surface area contributed by atoms with Crippen molar-refractivity contribution in [2.45, 2.75) is 6.42 Å². The van der Waals surface area contributed by atoms with Gasteiger partial charge in [0.15, 0.2) is 11.7 Å². The molecule has 0 radical (unpaired) electrons. The number of nitrogens with zero attached hydrogens (tertiary/aromatic N) is 1. The van der Waals surface area contributed by atoms with E-state index in [1.54, 1.807) is 0 Å². The van der Waals surface area contributed by atoms with Gasteiger partial charge in [-0.15, -0.1) is 0 Å². The molecule has 0 aliphatic rings. The molecule has 0 amide bonds. The third-order valence-corrected chi connectivity index (χ3v) is 0.786. The Morgan fingerprint density at radius 3 is 2.27 bits per heavy atom. The molecule has 0 bridgehead atoms. The molecule has 0 spiro atoms. The Hall–Kier alpha value is -1.59. The van der Waals surface area contributed by atoms with E-state index in [2.05, 4.69) is 4.99 Å². The Kier molecular flexibility index (Phi) is 3.65. The monoisotopic (exact) mass is 159 g/mol. The van der Waals surface area contributed by atoms with Crippen molar-refractivity contribution in [3.05, 3.63) is 0 Å². The van der Waals surface area contributed by atoms with Crippen molar-refractivity contribution in [1.29, 1.82) is 0 Å². The van der Waals surface area contributed by atoms with Crippen molar-refractivity contribution in [2.75, 3.05) is 6.54 Å². The second-order valence-electron chi connectivity index (χ2n) is 1.85. The van der Waals surface area contributed by atoms with E-state index in [0.29, 0.717) is 0 Å². The number of carbonyl (C=O) groups excluding carboxylic acids is 1. The van der Waals surface area contributed by atoms with Crippen molar-refractivity contribution in [3.8, 4) is 0 Å². The van der Waals surface area contributed by atoms with E-state index in [9.17, 15) is 9.59 Å². The number of aliphatic carboxylic acids is 1. The smallest absolute Gasteiger partial charge is 0.310 e. The van der Waals surface area contributed by atoms with Gasteiger partial charge >= 0.3 is 5.97 Å². The molecule has 0 saturated carbocycles. The van der Waals surface area contributed by atoms with Crippen molar-refractivity contribution >= 4 is 17.7 Å². The molecule has 11 heavy (non-hydrogen) atoms. The second-order valence-corrected chi connectivity index (χ2v) is 1.85. The lowest BCUT2D eigenvalue weighted by molar-refractivity contribution is -0.139. The SMILES string of the molecule is NC(N)=NCC(=O)CC(=O)O. The second kappa shape index (κ2) is 4.26. The summed E-state index contributed by atoms with van der Waals surface area (Å²) >= 11 is 0. The third-order valence-electron chi connectivity index (χ3n) is 0.786. The number of nitrogens with two attached hydrogens (primary N) is 2. The van der Waals surface area contributed by atoms with Gasteiger partial charge in [0.1, 0.15) is 13.0 Å². The molecule has 0 aromatic rings. The predicted molar refractivity (Wildman–Crippen MR) is 37.9 cm³/mol. The van der Waals surface area contributed by atoms with Crippen LogP contribution in [0.15, 0.2) is 4.99 Å². The zero-order chi connectivity index (χ0) is 8.85. The van der Waals surface area contributed by atoms with Crippen LogP contribution in [0, 0.1) is 0 Å². The summed E-state index contributed by atoms with van der Waals surface area (Å²) in [7, 11) is 0. The Labute approximate surface area is 62.9 Å². The van der Waals surface area contributed by atoms with Gasteiger partial charge in [0.05, 0.1) is 0 Å². The highest BCUT2D eigenvalue weighted by molar-refractivity contribution is 5.96. The van der Waals surface area contributed by atoms with E-state index in [1.165, 1.54) is 0 Å². The van der Waals surface area contributed by atoms with Crippen LogP contribution in [0.25, 0.3) is 0 Å². The largest absolute Gasteiger partial charge is 0.481 e. The summed E-state index contributed by atoms with van der Waals surface area (Å²) < 4.78 is 0. The maximum atomic E-state index is 10.6. The van der Waals surface area contributed by atoms with Crippen LogP contribution >= 0.6 is 0 Å². The first-order valence-corrected chi connectivity index (χ1v) is 2.81. The maximum Gasteiger partial charge on any atom is 0.310 e. The van der Waals surface area contributed by atoms with E-state index in [0.717, 1.165) is 0 Å². The summed E-state index contributed by atoms with van der Waals surface area (Å²) in [6, 6.07) is 0. The minimum Gasteiger partial charge on any atom is -0.481 e. The van der Waals surface area contributed by atoms with Crippen LogP contribution in [0.2, 0.25) is 0 Å². The van der Waals surface area contributed by atoms with Crippen LogP contribution in [-0.4, -0.2) is 29.4 Å². The van der Waals surface area contributed by atoms with Crippen LogP contribution in [0.4, 0.5) is 0 Å². The molecule has 62 valence electrons. The fourth-order valence-electron chi connectivity index (χ4n) is 0.404. The highest BCUT2D eigenvalue weighted by Crippen LogP contribution is 1.83. The van der Waals surface area contributed by atoms with Crippen LogP contribution in [-0.2, 0) is 9.59 Å². The molecule has 6 nitrogen and oxygen atoms in total. The number of carboxylic acids is 1. The standard InChI is InChI=1S/C5H9N3O3/c6-5(7)8-2-3(9)1-4(10)11/h1-2H2,(H,10,11)(H4,6,7,8). The van der Waals surface area contributed by atoms with Gasteiger partial charge in [-0.3, -0.25) is 9.59 Å². The molecule has 0 rings (SSSR count). The van der Waals surface area contributed by atoms with Crippen LogP contribution in [0.1, 0.15) is 6.42 Å². The summed E-state index contributed by atoms with van der Waals surface area (Å²) in [5.74, 6) is -1.92. The number of ketones is 1. The number of guanidine groups is 1. The number of Topliss-reactive ketones (excluding diaryl/α,β-unsaturated/α-hetero) is 1. The van der Waals surface area contributed by atoms with E-state index in [-0.39, 0.29) is 12.5 Å². The minimum atomic E-state index is -1.18. The molecule has 0 saturated heterocycles. The first-order valence-electron chi connectivity index (χ1n) is 2.81. The topological polar surface area (TPSA) is 119 Å². The lowest BCUT2D eigenvalue weighted by Crippen LogP contribution is -2.24. The number of hydrogen-bond acceptors (Lipinski definition) is 3. The van der Waals surface area contributed by atoms with Crippen LogP contribution in [0.5, 0.6) is 0 Å². The van der Waals surface area contributed by atoms with Crippen molar-refractivity contribution in [3.63, 3.8) is 0 Å². The zero-order valence-electron chi connectivity index (χ0n) is 5.78. The molecule has 0 aromatic heterocycles. The first kappa shape index (κ1) is 9.41. The number of aliphatic imine (C=N–C) groups is 1. The summed E-state index contributed by atoms with van der Waals surface area (Å²) in [6.07, 6.45) is -0.545. The van der Waals surface area contributed by atoms with Crippen molar-refractivity contribution < 1.29 is 14.7 Å². The molecule has 5 N–H and O–H groups in total. The predicted octanol–water partition coefficient (Wildman–Crippen LogP) is -1.70. The zero-order valence-corrected chi connectivity index (χ0v) is 5.78. The number of hydrogen-bond donors (Lipinski definition) is 3. The van der Waals surface area contributed by atoms with Crippen LogP contribution < -0.4 is 11.5 Å². The van der Waals surface area contributed by atoms with E-state index in [1.807, 2.05) is 0 Å². The summed E-state index contributed by atoms with van der Waals surface area (Å²) in [4.78, 5) is 23.8. The van der Waals surface area contributed by atoms with E-state index >= 15 is 0 Å². The summed E-state index contributed by atoms with van der Waals surface area (Å²) in [5, 5.41) is 8.12. The fraction of sp³-hybridized carbons (Fsp3) is 0.400. The number of carbonyl (C=O) groups is 2. The quantitative estimate of drug-likeness (QED) is 0.257. The Morgan fingerprint density at radius 2 is 1.91 bits per heavy atom. The molecule has 0 aromatic carbocycles. The normalized spacial score (nSPS) is 8.73. The molecule has 0 aliphatic heterocycles. The van der Waals surface area contributed by atoms with Gasteiger partial charge in [0, 0.05) is 0 Å². The highest BCUT2D eigenvalue weighted by Gasteiger charge is 2.05. The van der Waals surface area contributed by atoms with E-state index in [4.69, 9.17) is 16.6 Å². The molecule has 0 atom stereocenters. The minimum absolute atomic E-state index is 0.219. The molecule has 0 unspecified atom stereocenters. The summed E-state index contributed by atoms with van der Waals surface area (Å²) in [5.41, 5.74) is 9.80. The number of carboxylic acid groups (broad SMARTS) is 1. The van der Waals surface area contributed by atoms with Crippen molar-refractivity contribution in [1.82, 2.24) is 0 Å². The lowest BCUT2D eigenvalue weighted by atomic mass is 10.3. The van der Waals surface area contributed by atoms with Gasteiger partial charge in [-0.05, 0) is 0 Å². The molecular formula is C5H9N3O3. The third kappa shape index (κ3) is 6.29. The summed E-state index contributed by atoms with van der Waals surface area (Å²) in [6.45, 7) is -0.269. The van der Waals surface area contributed by atoms with Crippen molar-refractivity contribution in [2.24, 2.45) is 16.5 Å². The average Bonchev–Trinajstić information content (AvgIpc) is 1.82. The molecule has 0 heterocycles. The first-order chi connectivity index (χ1) is 5.02. The van der Waals surface area contributed by atoms with Crippen LogP contribution in [0.3, 0.4) is 0 Å². The molecule has 0 fully saturated rings. The Balaban J connectivity index is 3.71. The lowest BCUT2D eigenvalue weighted by Gasteiger charge is -1.91. The maximum absolute atomic E-state index is 10.6. The van der Waals surface area contributed by atoms with Gasteiger partial charge in [-0.2, -0.15) is 0 Å².